The smallest absolute Gasteiger partial charge is 0.243 e. The molecule has 1 heterocycles. The molecule has 1 aliphatic heterocycles. The van der Waals surface area contributed by atoms with Gasteiger partial charge in [0.2, 0.25) is 21.8 Å². The van der Waals surface area contributed by atoms with Gasteiger partial charge in [-0.1, -0.05) is 17.7 Å². The van der Waals surface area contributed by atoms with E-state index in [9.17, 15) is 18.0 Å². The van der Waals surface area contributed by atoms with Gasteiger partial charge < -0.3 is 10.2 Å². The van der Waals surface area contributed by atoms with Crippen LogP contribution in [0.5, 0.6) is 0 Å². The maximum Gasteiger partial charge on any atom is 0.243 e. The first-order valence-corrected chi connectivity index (χ1v) is 11.1. The lowest BCUT2D eigenvalue weighted by molar-refractivity contribution is -0.137. The Hall–Kier alpha value is -1.97. The van der Waals surface area contributed by atoms with Crippen LogP contribution in [-0.2, 0) is 19.6 Å². The SMILES string of the molecule is CCNC(=O)CN(CC)C(=O)CN1CCN(S(=O)(=O)c2ccc(C)cc2)CC1. The Bertz CT molecular complexity index is 772. The lowest BCUT2D eigenvalue weighted by Crippen LogP contribution is -2.52. The Morgan fingerprint density at radius 2 is 1.68 bits per heavy atom. The van der Waals surface area contributed by atoms with Gasteiger partial charge in [0.05, 0.1) is 18.0 Å². The van der Waals surface area contributed by atoms with Crippen molar-refractivity contribution in [2.45, 2.75) is 25.7 Å². The van der Waals surface area contributed by atoms with Gasteiger partial charge >= 0.3 is 0 Å². The van der Waals surface area contributed by atoms with Gasteiger partial charge in [-0.3, -0.25) is 14.5 Å². The summed E-state index contributed by atoms with van der Waals surface area (Å²) in [7, 11) is -3.52. The molecule has 28 heavy (non-hydrogen) atoms. The van der Waals surface area contributed by atoms with E-state index in [2.05, 4.69) is 5.32 Å². The van der Waals surface area contributed by atoms with Gasteiger partial charge in [-0.2, -0.15) is 4.31 Å². The second-order valence-corrected chi connectivity index (χ2v) is 8.79. The molecule has 0 bridgehead atoms. The molecule has 1 saturated heterocycles. The third kappa shape index (κ3) is 5.76. The number of amides is 2. The average Bonchev–Trinajstić information content (AvgIpc) is 2.67. The number of carbonyl (C=O) groups is 2. The fourth-order valence-electron chi connectivity index (χ4n) is 3.08. The van der Waals surface area contributed by atoms with Crippen LogP contribution in [0, 0.1) is 6.92 Å². The highest BCUT2D eigenvalue weighted by Gasteiger charge is 2.29. The minimum Gasteiger partial charge on any atom is -0.355 e. The van der Waals surface area contributed by atoms with Crippen molar-refractivity contribution in [1.29, 1.82) is 0 Å². The molecule has 1 aromatic carbocycles. The number of piperazine rings is 1. The fraction of sp³-hybridized carbons (Fsp3) is 0.579. The third-order valence-corrected chi connectivity index (χ3v) is 6.70. The van der Waals surface area contributed by atoms with Crippen molar-refractivity contribution in [2.75, 3.05) is 52.4 Å². The Morgan fingerprint density at radius 1 is 1.07 bits per heavy atom. The van der Waals surface area contributed by atoms with Crippen LogP contribution in [-0.4, -0.2) is 86.7 Å². The zero-order chi connectivity index (χ0) is 20.7. The molecule has 156 valence electrons. The van der Waals surface area contributed by atoms with Gasteiger partial charge in [-0.25, -0.2) is 8.42 Å². The molecule has 9 heteroatoms. The summed E-state index contributed by atoms with van der Waals surface area (Å²) in [6, 6.07) is 6.83. The van der Waals surface area contributed by atoms with Gasteiger partial charge in [0.15, 0.2) is 0 Å². The van der Waals surface area contributed by atoms with Crippen LogP contribution >= 0.6 is 0 Å². The second kappa shape index (κ2) is 9.99. The predicted octanol–water partition coefficient (Wildman–Crippen LogP) is 0.286. The monoisotopic (exact) mass is 410 g/mol. The van der Waals surface area contributed by atoms with Gasteiger partial charge in [-0.15, -0.1) is 0 Å². The molecule has 0 radical (unpaired) electrons. The lowest BCUT2D eigenvalue weighted by atomic mass is 10.2. The van der Waals surface area contributed by atoms with Crippen molar-refractivity contribution in [3.63, 3.8) is 0 Å². The van der Waals surface area contributed by atoms with Crippen molar-refractivity contribution in [2.24, 2.45) is 0 Å². The first-order chi connectivity index (χ1) is 13.3. The van der Waals surface area contributed by atoms with E-state index in [-0.39, 0.29) is 24.9 Å². The van der Waals surface area contributed by atoms with Crippen LogP contribution in [0.4, 0.5) is 0 Å². The van der Waals surface area contributed by atoms with Crippen molar-refractivity contribution in [3.8, 4) is 0 Å². The zero-order valence-corrected chi connectivity index (χ0v) is 17.7. The first-order valence-electron chi connectivity index (χ1n) is 9.61. The largest absolute Gasteiger partial charge is 0.355 e. The van der Waals surface area contributed by atoms with Gasteiger partial charge in [0.1, 0.15) is 0 Å². The molecule has 0 aliphatic carbocycles. The lowest BCUT2D eigenvalue weighted by Gasteiger charge is -2.34. The van der Waals surface area contributed by atoms with E-state index in [1.807, 2.05) is 25.7 Å². The maximum atomic E-state index is 12.8. The van der Waals surface area contributed by atoms with Crippen LogP contribution in [0.2, 0.25) is 0 Å². The number of benzene rings is 1. The van der Waals surface area contributed by atoms with Crippen LogP contribution in [0.15, 0.2) is 29.2 Å². The molecule has 1 aromatic rings. The van der Waals surface area contributed by atoms with Crippen LogP contribution in [0.25, 0.3) is 0 Å². The average molecular weight is 411 g/mol. The zero-order valence-electron chi connectivity index (χ0n) is 16.8. The van der Waals surface area contributed by atoms with Gasteiger partial charge in [0.25, 0.3) is 0 Å². The topological polar surface area (TPSA) is 90.0 Å². The molecule has 1 fully saturated rings. The van der Waals surface area contributed by atoms with Gasteiger partial charge in [-0.05, 0) is 32.9 Å². The quantitative estimate of drug-likeness (QED) is 0.665. The molecule has 1 aliphatic rings. The van der Waals surface area contributed by atoms with Crippen molar-refractivity contribution >= 4 is 21.8 Å². The number of sulfonamides is 1. The third-order valence-electron chi connectivity index (χ3n) is 4.79. The number of hydrogen-bond acceptors (Lipinski definition) is 5. The van der Waals surface area contributed by atoms with E-state index >= 15 is 0 Å². The molecule has 0 aromatic heterocycles. The van der Waals surface area contributed by atoms with E-state index in [0.717, 1.165) is 5.56 Å². The Labute approximate surface area is 167 Å². The van der Waals surface area contributed by atoms with E-state index in [1.54, 1.807) is 24.3 Å². The molecule has 2 amide bonds. The Balaban J connectivity index is 1.90. The van der Waals surface area contributed by atoms with E-state index in [4.69, 9.17) is 0 Å². The number of likely N-dealkylation sites (N-methyl/N-ethyl adjacent to an activating group) is 2. The summed E-state index contributed by atoms with van der Waals surface area (Å²) in [6.45, 7) is 8.44. The van der Waals surface area contributed by atoms with Crippen LogP contribution < -0.4 is 5.32 Å². The van der Waals surface area contributed by atoms with E-state index < -0.39 is 10.0 Å². The van der Waals surface area contributed by atoms with E-state index in [1.165, 1.54) is 9.21 Å². The first kappa shape index (κ1) is 22.3. The molecular formula is C19H30N4O4S. The number of nitrogens with zero attached hydrogens (tertiary/aromatic N) is 3. The van der Waals surface area contributed by atoms with Crippen molar-refractivity contribution in [3.05, 3.63) is 29.8 Å². The predicted molar refractivity (Wildman–Crippen MR) is 107 cm³/mol. The second-order valence-electron chi connectivity index (χ2n) is 6.85. The molecule has 1 N–H and O–H groups in total. The molecule has 0 unspecified atom stereocenters. The normalized spacial score (nSPS) is 16.0. The number of nitrogens with one attached hydrogen (secondary N) is 1. The summed E-state index contributed by atoms with van der Waals surface area (Å²) in [4.78, 5) is 28.0. The summed E-state index contributed by atoms with van der Waals surface area (Å²) < 4.78 is 27.0. The highest BCUT2D eigenvalue weighted by Crippen LogP contribution is 2.18. The molecule has 0 spiro atoms. The molecule has 0 saturated carbocycles. The minimum absolute atomic E-state index is 0.0466. The summed E-state index contributed by atoms with van der Waals surface area (Å²) in [5.74, 6) is -0.296. The summed E-state index contributed by atoms with van der Waals surface area (Å²) in [5.41, 5.74) is 1.01. The summed E-state index contributed by atoms with van der Waals surface area (Å²) >= 11 is 0. The minimum atomic E-state index is -3.52. The number of rotatable bonds is 8. The standard InChI is InChI=1S/C19H30N4O4S/c1-4-20-18(24)14-22(5-2)19(25)15-21-10-12-23(13-11-21)28(26,27)17-8-6-16(3)7-9-17/h6-9H,4-5,10-15H2,1-3H3,(H,20,24). The van der Waals surface area contributed by atoms with Crippen molar-refractivity contribution < 1.29 is 18.0 Å². The number of aryl methyl sites for hydroxylation is 1. The van der Waals surface area contributed by atoms with Crippen molar-refractivity contribution in [1.82, 2.24) is 19.4 Å². The van der Waals surface area contributed by atoms with Crippen LogP contribution in [0.1, 0.15) is 19.4 Å². The highest BCUT2D eigenvalue weighted by molar-refractivity contribution is 7.89. The van der Waals surface area contributed by atoms with Gasteiger partial charge in [0, 0.05) is 39.3 Å². The Morgan fingerprint density at radius 3 is 2.21 bits per heavy atom. The van der Waals surface area contributed by atoms with Crippen LogP contribution in [0.3, 0.4) is 0 Å². The molecular weight excluding hydrogens is 380 g/mol. The molecule has 8 nitrogen and oxygen atoms in total. The number of carbonyl (C=O) groups excluding carboxylic acids is 2. The molecule has 0 atom stereocenters. The fourth-order valence-corrected chi connectivity index (χ4v) is 4.50. The maximum absolute atomic E-state index is 12.8. The molecule has 2 rings (SSSR count). The summed E-state index contributed by atoms with van der Waals surface area (Å²) in [6.07, 6.45) is 0. The highest BCUT2D eigenvalue weighted by atomic mass is 32.2. The Kier molecular flexibility index (Phi) is 7.97. The summed E-state index contributed by atoms with van der Waals surface area (Å²) in [5, 5.41) is 2.69. The van der Waals surface area contributed by atoms with E-state index in [0.29, 0.717) is 44.2 Å². The number of hydrogen-bond donors (Lipinski definition) is 1.